The number of rotatable bonds is 8. The molecule has 0 bridgehead atoms. The van der Waals surface area contributed by atoms with Crippen molar-refractivity contribution in [2.75, 3.05) is 0 Å². The van der Waals surface area contributed by atoms with E-state index in [1.165, 1.54) is 25.7 Å². The van der Waals surface area contributed by atoms with Gasteiger partial charge in [-0.2, -0.15) is 0 Å². The van der Waals surface area contributed by atoms with Crippen molar-refractivity contribution < 1.29 is 4.79 Å². The zero-order chi connectivity index (χ0) is 11.7. The van der Waals surface area contributed by atoms with E-state index < -0.39 is 5.24 Å². The molecule has 1 nitrogen and oxygen atoms in total. The minimum absolute atomic E-state index is 0.406. The fourth-order valence-electron chi connectivity index (χ4n) is 1.49. The summed E-state index contributed by atoms with van der Waals surface area (Å²) in [6.07, 6.45) is 7.93. The number of carbonyl (C=O) groups is 1. The normalized spacial score (nSPS) is 12.5. The van der Waals surface area contributed by atoms with Gasteiger partial charge in [-0.25, -0.2) is 0 Å². The van der Waals surface area contributed by atoms with Gasteiger partial charge in [0.2, 0.25) is 5.24 Å². The highest BCUT2D eigenvalue weighted by Crippen LogP contribution is 2.19. The number of hydrogen-bond acceptors (Lipinski definition) is 1. The maximum absolute atomic E-state index is 11.0. The lowest BCUT2D eigenvalue weighted by Gasteiger charge is -2.03. The van der Waals surface area contributed by atoms with Gasteiger partial charge in [0.05, 0.1) is 0 Å². The van der Waals surface area contributed by atoms with Crippen molar-refractivity contribution >= 4 is 28.4 Å². The molecule has 0 aliphatic carbocycles. The van der Waals surface area contributed by atoms with Crippen molar-refractivity contribution in [1.29, 1.82) is 0 Å². The molecule has 15 heavy (non-hydrogen) atoms. The lowest BCUT2D eigenvalue weighted by molar-refractivity contribution is -0.108. The number of carbonyl (C=O) groups excluding carboxylic acids is 1. The van der Waals surface area contributed by atoms with Gasteiger partial charge < -0.3 is 0 Å². The fourth-order valence-corrected chi connectivity index (χ4v) is 1.95. The lowest BCUT2D eigenvalue weighted by Crippen LogP contribution is -1.95. The van der Waals surface area contributed by atoms with E-state index in [0.29, 0.717) is 17.0 Å². The van der Waals surface area contributed by atoms with Crippen molar-refractivity contribution in [2.24, 2.45) is 0 Å². The Hall–Kier alpha value is -0.0100. The van der Waals surface area contributed by atoms with Crippen molar-refractivity contribution in [3.63, 3.8) is 0 Å². The van der Waals surface area contributed by atoms with Gasteiger partial charge in [-0.3, -0.25) is 4.79 Å². The minimum atomic E-state index is -0.406. The monoisotopic (exact) mass is 250 g/mol. The summed E-state index contributed by atoms with van der Waals surface area (Å²) >= 11 is 11.2. The van der Waals surface area contributed by atoms with Crippen LogP contribution in [-0.4, -0.2) is 5.24 Å². The third-order valence-electron chi connectivity index (χ3n) is 2.43. The largest absolute Gasteiger partial charge is 0.276 e. The number of unbranched alkanes of at least 4 members (excludes halogenated alkanes) is 5. The van der Waals surface area contributed by atoms with Gasteiger partial charge in [-0.1, -0.05) is 50.6 Å². The van der Waals surface area contributed by atoms with Crippen LogP contribution in [0.2, 0.25) is 0 Å². The lowest BCUT2D eigenvalue weighted by atomic mass is 10.1. The summed E-state index contributed by atoms with van der Waals surface area (Å²) in [5.41, 5.74) is 0.578. The molecule has 0 N–H and O–H groups in total. The molecule has 0 spiro atoms. The molecule has 0 radical (unpaired) electrons. The Bertz CT molecular complexity index is 218. The molecule has 0 aromatic carbocycles. The van der Waals surface area contributed by atoms with Crippen LogP contribution in [-0.2, 0) is 4.79 Å². The third kappa shape index (κ3) is 7.87. The number of allylic oxidation sites excluding steroid dienone is 2. The van der Waals surface area contributed by atoms with Crippen molar-refractivity contribution in [3.8, 4) is 0 Å². The Morgan fingerprint density at radius 1 is 1.00 bits per heavy atom. The zero-order valence-electron chi connectivity index (χ0n) is 9.61. The fraction of sp³-hybridized carbons (Fsp3) is 0.750. The van der Waals surface area contributed by atoms with E-state index >= 15 is 0 Å². The minimum Gasteiger partial charge on any atom is -0.276 e. The SMILES string of the molecule is CCCCCCCCC(C(=O)Cl)=C(C)Cl. The van der Waals surface area contributed by atoms with Gasteiger partial charge in [0.25, 0.3) is 0 Å². The Morgan fingerprint density at radius 2 is 1.53 bits per heavy atom. The van der Waals surface area contributed by atoms with E-state index in [1.54, 1.807) is 6.92 Å². The van der Waals surface area contributed by atoms with E-state index in [1.807, 2.05) is 0 Å². The van der Waals surface area contributed by atoms with Crippen molar-refractivity contribution in [1.82, 2.24) is 0 Å². The molecule has 0 aromatic heterocycles. The molecule has 0 saturated carbocycles. The summed E-state index contributed by atoms with van der Waals surface area (Å²) < 4.78 is 0. The molecule has 0 unspecified atom stereocenters. The maximum atomic E-state index is 11.0. The molecule has 0 rings (SSSR count). The first-order chi connectivity index (χ1) is 7.09. The highest BCUT2D eigenvalue weighted by molar-refractivity contribution is 6.68. The van der Waals surface area contributed by atoms with Crippen LogP contribution in [0.1, 0.15) is 58.8 Å². The van der Waals surface area contributed by atoms with E-state index in [2.05, 4.69) is 6.92 Å². The molecule has 0 aliphatic rings. The van der Waals surface area contributed by atoms with Crippen LogP contribution in [0.5, 0.6) is 0 Å². The molecule has 0 aromatic rings. The summed E-state index contributed by atoms with van der Waals surface area (Å²) in [5, 5.41) is 0.125. The van der Waals surface area contributed by atoms with Crippen molar-refractivity contribution in [2.45, 2.75) is 58.8 Å². The van der Waals surface area contributed by atoms with E-state index in [-0.39, 0.29) is 0 Å². The van der Waals surface area contributed by atoms with Crippen LogP contribution in [0.15, 0.2) is 10.6 Å². The predicted molar refractivity (Wildman–Crippen MR) is 67.4 cm³/mol. The number of hydrogen-bond donors (Lipinski definition) is 0. The topological polar surface area (TPSA) is 17.1 Å². The van der Waals surface area contributed by atoms with Gasteiger partial charge >= 0.3 is 0 Å². The van der Waals surface area contributed by atoms with Crippen LogP contribution in [0.25, 0.3) is 0 Å². The van der Waals surface area contributed by atoms with Crippen LogP contribution in [0.3, 0.4) is 0 Å². The quantitative estimate of drug-likeness (QED) is 0.336. The maximum Gasteiger partial charge on any atom is 0.249 e. The van der Waals surface area contributed by atoms with E-state index in [0.717, 1.165) is 12.8 Å². The van der Waals surface area contributed by atoms with Crippen LogP contribution < -0.4 is 0 Å². The smallest absolute Gasteiger partial charge is 0.249 e. The Labute approximate surface area is 103 Å². The van der Waals surface area contributed by atoms with E-state index in [9.17, 15) is 4.79 Å². The molecule has 0 aliphatic heterocycles. The Kier molecular flexibility index (Phi) is 9.23. The standard InChI is InChI=1S/C12H20Cl2O/c1-3-4-5-6-7-8-9-11(10(2)13)12(14)15/h3-9H2,1-2H3. The summed E-state index contributed by atoms with van der Waals surface area (Å²) in [5.74, 6) is 0. The average Bonchev–Trinajstić information content (AvgIpc) is 2.15. The third-order valence-corrected chi connectivity index (χ3v) is 2.89. The van der Waals surface area contributed by atoms with Crippen molar-refractivity contribution in [3.05, 3.63) is 10.6 Å². The Morgan fingerprint density at radius 3 is 2.00 bits per heavy atom. The molecule has 88 valence electrons. The number of halogens is 2. The predicted octanol–water partition coefficient (Wildman–Crippen LogP) is 5.02. The molecule has 0 atom stereocenters. The first-order valence-corrected chi connectivity index (χ1v) is 6.40. The van der Waals surface area contributed by atoms with E-state index in [4.69, 9.17) is 23.2 Å². The van der Waals surface area contributed by atoms with Gasteiger partial charge in [-0.15, -0.1) is 0 Å². The van der Waals surface area contributed by atoms with Gasteiger partial charge in [0.1, 0.15) is 0 Å². The first-order valence-electron chi connectivity index (χ1n) is 5.64. The van der Waals surface area contributed by atoms with Crippen LogP contribution in [0, 0.1) is 0 Å². The van der Waals surface area contributed by atoms with Crippen LogP contribution >= 0.6 is 23.2 Å². The van der Waals surface area contributed by atoms with Crippen LogP contribution in [0.4, 0.5) is 0 Å². The first kappa shape index (κ1) is 15.0. The molecular formula is C12H20Cl2O. The molecule has 0 heterocycles. The second kappa shape index (κ2) is 9.23. The summed E-state index contributed by atoms with van der Waals surface area (Å²) in [4.78, 5) is 11.0. The zero-order valence-corrected chi connectivity index (χ0v) is 11.1. The van der Waals surface area contributed by atoms with Gasteiger partial charge in [0.15, 0.2) is 0 Å². The second-order valence-electron chi connectivity index (χ2n) is 3.80. The van der Waals surface area contributed by atoms with Gasteiger partial charge in [0, 0.05) is 10.6 Å². The highest BCUT2D eigenvalue weighted by atomic mass is 35.5. The summed E-state index contributed by atoms with van der Waals surface area (Å²) in [6.45, 7) is 3.91. The summed E-state index contributed by atoms with van der Waals surface area (Å²) in [7, 11) is 0. The molecule has 0 saturated heterocycles. The molecule has 0 fully saturated rings. The molecular weight excluding hydrogens is 231 g/mol. The highest BCUT2D eigenvalue weighted by Gasteiger charge is 2.08. The van der Waals surface area contributed by atoms with Gasteiger partial charge in [-0.05, 0) is 31.4 Å². The molecule has 3 heteroatoms. The summed E-state index contributed by atoms with van der Waals surface area (Å²) in [6, 6.07) is 0. The average molecular weight is 251 g/mol. The Balaban J connectivity index is 3.66. The molecule has 0 amide bonds. The second-order valence-corrected chi connectivity index (χ2v) is 4.71.